The van der Waals surface area contributed by atoms with Gasteiger partial charge in [0.25, 0.3) is 5.91 Å². The second-order valence-corrected chi connectivity index (χ2v) is 5.37. The lowest BCUT2D eigenvalue weighted by atomic mass is 9.90. The molecule has 0 saturated heterocycles. The molecule has 4 heteroatoms. The lowest BCUT2D eigenvalue weighted by Gasteiger charge is -2.37. The van der Waals surface area contributed by atoms with Gasteiger partial charge in [-0.25, -0.2) is 0 Å². The summed E-state index contributed by atoms with van der Waals surface area (Å²) in [5.74, 6) is 0.0456. The first-order valence-electron chi connectivity index (χ1n) is 7.43. The van der Waals surface area contributed by atoms with Crippen LogP contribution in [0, 0.1) is 6.92 Å². The minimum atomic E-state index is 0.0246. The lowest BCUT2D eigenvalue weighted by molar-refractivity contribution is 0.0525. The van der Waals surface area contributed by atoms with E-state index < -0.39 is 0 Å². The molecule has 1 aromatic rings. The van der Waals surface area contributed by atoms with Crippen molar-refractivity contribution in [3.63, 3.8) is 0 Å². The predicted octanol–water partition coefficient (Wildman–Crippen LogP) is 2.41. The SMILES string of the molecule is CCNc1ccc(C(=O)N(CCO)C2CCC2)c(C)c1. The molecule has 1 amide bonds. The Morgan fingerprint density at radius 1 is 1.45 bits per heavy atom. The van der Waals surface area contributed by atoms with E-state index in [2.05, 4.69) is 5.32 Å². The van der Waals surface area contributed by atoms with Crippen molar-refractivity contribution in [3.8, 4) is 0 Å². The van der Waals surface area contributed by atoms with Crippen LogP contribution in [-0.2, 0) is 0 Å². The minimum absolute atomic E-state index is 0.0246. The van der Waals surface area contributed by atoms with E-state index in [4.69, 9.17) is 0 Å². The van der Waals surface area contributed by atoms with Gasteiger partial charge >= 0.3 is 0 Å². The fraction of sp³-hybridized carbons (Fsp3) is 0.562. The van der Waals surface area contributed by atoms with E-state index in [-0.39, 0.29) is 12.5 Å². The van der Waals surface area contributed by atoms with Gasteiger partial charge in [0.05, 0.1) is 6.61 Å². The zero-order valence-electron chi connectivity index (χ0n) is 12.4. The average molecular weight is 276 g/mol. The van der Waals surface area contributed by atoms with E-state index in [1.165, 1.54) is 6.42 Å². The highest BCUT2D eigenvalue weighted by Crippen LogP contribution is 2.27. The monoisotopic (exact) mass is 276 g/mol. The molecular weight excluding hydrogens is 252 g/mol. The van der Waals surface area contributed by atoms with E-state index >= 15 is 0 Å². The number of amides is 1. The van der Waals surface area contributed by atoms with Crippen LogP contribution in [0.5, 0.6) is 0 Å². The first-order chi connectivity index (χ1) is 9.67. The zero-order valence-corrected chi connectivity index (χ0v) is 12.4. The highest BCUT2D eigenvalue weighted by atomic mass is 16.3. The van der Waals surface area contributed by atoms with Crippen molar-refractivity contribution in [1.82, 2.24) is 4.90 Å². The van der Waals surface area contributed by atoms with Gasteiger partial charge in [0.1, 0.15) is 0 Å². The van der Waals surface area contributed by atoms with Crippen molar-refractivity contribution < 1.29 is 9.90 Å². The van der Waals surface area contributed by atoms with E-state index in [0.717, 1.165) is 36.2 Å². The number of hydrogen-bond acceptors (Lipinski definition) is 3. The molecule has 2 N–H and O–H groups in total. The lowest BCUT2D eigenvalue weighted by Crippen LogP contribution is -2.45. The number of carbonyl (C=O) groups is 1. The average Bonchev–Trinajstić information content (AvgIpc) is 2.36. The van der Waals surface area contributed by atoms with Gasteiger partial charge in [0.2, 0.25) is 0 Å². The maximum atomic E-state index is 12.7. The molecule has 1 aliphatic carbocycles. The molecule has 1 saturated carbocycles. The Morgan fingerprint density at radius 2 is 2.20 bits per heavy atom. The van der Waals surface area contributed by atoms with Crippen molar-refractivity contribution in [2.45, 2.75) is 39.2 Å². The molecular formula is C16H24N2O2. The fourth-order valence-electron chi connectivity index (χ4n) is 2.63. The summed E-state index contributed by atoms with van der Waals surface area (Å²) in [6.07, 6.45) is 3.29. The molecule has 1 fully saturated rings. The topological polar surface area (TPSA) is 52.6 Å². The number of rotatable bonds is 6. The van der Waals surface area contributed by atoms with Gasteiger partial charge in [-0.1, -0.05) is 0 Å². The van der Waals surface area contributed by atoms with Gasteiger partial charge in [0.15, 0.2) is 0 Å². The van der Waals surface area contributed by atoms with Gasteiger partial charge in [-0.3, -0.25) is 4.79 Å². The van der Waals surface area contributed by atoms with Gasteiger partial charge in [-0.05, 0) is 56.9 Å². The first-order valence-corrected chi connectivity index (χ1v) is 7.43. The van der Waals surface area contributed by atoms with Crippen molar-refractivity contribution in [2.24, 2.45) is 0 Å². The number of nitrogens with one attached hydrogen (secondary N) is 1. The Labute approximate surface area is 120 Å². The van der Waals surface area contributed by atoms with Crippen molar-refractivity contribution in [1.29, 1.82) is 0 Å². The van der Waals surface area contributed by atoms with E-state index in [1.54, 1.807) is 0 Å². The molecule has 110 valence electrons. The third kappa shape index (κ3) is 3.12. The number of benzene rings is 1. The molecule has 1 aromatic carbocycles. The van der Waals surface area contributed by atoms with Crippen LogP contribution in [0.15, 0.2) is 18.2 Å². The largest absolute Gasteiger partial charge is 0.395 e. The maximum absolute atomic E-state index is 12.7. The normalized spacial score (nSPS) is 14.8. The number of carbonyl (C=O) groups excluding carboxylic acids is 1. The second kappa shape index (κ2) is 6.75. The Morgan fingerprint density at radius 3 is 2.70 bits per heavy atom. The number of aryl methyl sites for hydroxylation is 1. The molecule has 0 atom stereocenters. The van der Waals surface area contributed by atoms with Crippen LogP contribution in [0.25, 0.3) is 0 Å². The van der Waals surface area contributed by atoms with E-state index in [1.807, 2.05) is 36.9 Å². The van der Waals surface area contributed by atoms with Crippen molar-refractivity contribution >= 4 is 11.6 Å². The highest BCUT2D eigenvalue weighted by Gasteiger charge is 2.29. The molecule has 1 aliphatic rings. The molecule has 0 bridgehead atoms. The molecule has 20 heavy (non-hydrogen) atoms. The van der Waals surface area contributed by atoms with Gasteiger partial charge in [-0.15, -0.1) is 0 Å². The van der Waals surface area contributed by atoms with Crippen LogP contribution in [-0.4, -0.2) is 41.7 Å². The Balaban J connectivity index is 2.17. The van der Waals surface area contributed by atoms with Gasteiger partial charge in [-0.2, -0.15) is 0 Å². The molecule has 0 heterocycles. The summed E-state index contributed by atoms with van der Waals surface area (Å²) in [6, 6.07) is 6.15. The van der Waals surface area contributed by atoms with Crippen LogP contribution >= 0.6 is 0 Å². The van der Waals surface area contributed by atoms with Crippen LogP contribution in [0.2, 0.25) is 0 Å². The molecule has 4 nitrogen and oxygen atoms in total. The van der Waals surface area contributed by atoms with E-state index in [0.29, 0.717) is 12.6 Å². The number of aliphatic hydroxyl groups excluding tert-OH is 1. The van der Waals surface area contributed by atoms with Crippen LogP contribution in [0.3, 0.4) is 0 Å². The number of hydrogen-bond donors (Lipinski definition) is 2. The number of nitrogens with zero attached hydrogens (tertiary/aromatic N) is 1. The van der Waals surface area contributed by atoms with Crippen molar-refractivity contribution in [3.05, 3.63) is 29.3 Å². The molecule has 0 unspecified atom stereocenters. The number of aliphatic hydroxyl groups is 1. The summed E-state index contributed by atoms with van der Waals surface area (Å²) in [5.41, 5.74) is 2.77. The standard InChI is InChI=1S/C16H24N2O2/c1-3-17-13-7-8-15(12(2)11-13)16(20)18(9-10-19)14-5-4-6-14/h7-8,11,14,17,19H,3-6,9-10H2,1-2H3. The fourth-order valence-corrected chi connectivity index (χ4v) is 2.63. The molecule has 2 rings (SSSR count). The second-order valence-electron chi connectivity index (χ2n) is 5.37. The smallest absolute Gasteiger partial charge is 0.254 e. The summed E-state index contributed by atoms with van der Waals surface area (Å²) in [6.45, 7) is 5.33. The summed E-state index contributed by atoms with van der Waals surface area (Å²) in [7, 11) is 0. The third-order valence-corrected chi connectivity index (χ3v) is 3.95. The van der Waals surface area contributed by atoms with Crippen LogP contribution < -0.4 is 5.32 Å². The zero-order chi connectivity index (χ0) is 14.5. The van der Waals surface area contributed by atoms with Crippen LogP contribution in [0.1, 0.15) is 42.1 Å². The quantitative estimate of drug-likeness (QED) is 0.839. The molecule has 0 aliphatic heterocycles. The van der Waals surface area contributed by atoms with Gasteiger partial charge < -0.3 is 15.3 Å². The molecule has 0 spiro atoms. The van der Waals surface area contributed by atoms with Gasteiger partial charge in [0, 0.05) is 30.4 Å². The first kappa shape index (κ1) is 14.9. The minimum Gasteiger partial charge on any atom is -0.395 e. The highest BCUT2D eigenvalue weighted by molar-refractivity contribution is 5.96. The molecule has 0 aromatic heterocycles. The Hall–Kier alpha value is -1.55. The summed E-state index contributed by atoms with van der Waals surface area (Å²) in [5, 5.41) is 12.4. The number of anilines is 1. The summed E-state index contributed by atoms with van der Waals surface area (Å²) in [4.78, 5) is 14.5. The van der Waals surface area contributed by atoms with Crippen LogP contribution in [0.4, 0.5) is 5.69 Å². The Kier molecular flexibility index (Phi) is 5.01. The predicted molar refractivity (Wildman–Crippen MR) is 81.1 cm³/mol. The third-order valence-electron chi connectivity index (χ3n) is 3.95. The van der Waals surface area contributed by atoms with Crippen molar-refractivity contribution in [2.75, 3.05) is 25.0 Å². The molecule has 0 radical (unpaired) electrons. The van der Waals surface area contributed by atoms with E-state index in [9.17, 15) is 9.90 Å². The maximum Gasteiger partial charge on any atom is 0.254 e. The summed E-state index contributed by atoms with van der Waals surface area (Å²) >= 11 is 0. The summed E-state index contributed by atoms with van der Waals surface area (Å²) < 4.78 is 0. The Bertz CT molecular complexity index is 470.